The van der Waals surface area contributed by atoms with Gasteiger partial charge in [-0.1, -0.05) is 23.2 Å². The van der Waals surface area contributed by atoms with Crippen molar-refractivity contribution in [2.45, 2.75) is 6.10 Å². The molecule has 0 aromatic heterocycles. The van der Waals surface area contributed by atoms with Gasteiger partial charge in [0, 0.05) is 62.0 Å². The Morgan fingerprint density at radius 1 is 1.19 bits per heavy atom. The van der Waals surface area contributed by atoms with Crippen LogP contribution in [-0.4, -0.2) is 67.9 Å². The van der Waals surface area contributed by atoms with E-state index in [9.17, 15) is 5.11 Å². The van der Waals surface area contributed by atoms with Gasteiger partial charge in [0.05, 0.1) is 12.7 Å². The molecule has 1 atom stereocenters. The molecule has 1 aromatic rings. The maximum Gasteiger partial charge on any atom is 0.0931 e. The predicted molar refractivity (Wildman–Crippen MR) is 86.2 cm³/mol. The van der Waals surface area contributed by atoms with Crippen LogP contribution in [0.2, 0.25) is 10.0 Å². The zero-order valence-electron chi connectivity index (χ0n) is 12.3. The van der Waals surface area contributed by atoms with Crippen LogP contribution in [0.1, 0.15) is 11.7 Å². The monoisotopic (exact) mass is 332 g/mol. The van der Waals surface area contributed by atoms with Crippen molar-refractivity contribution in [1.82, 2.24) is 9.80 Å². The van der Waals surface area contributed by atoms with E-state index in [-0.39, 0.29) is 0 Å². The first-order valence-corrected chi connectivity index (χ1v) is 7.92. The van der Waals surface area contributed by atoms with E-state index in [1.807, 2.05) is 0 Å². The predicted octanol–water partition coefficient (Wildman–Crippen LogP) is 2.29. The quantitative estimate of drug-likeness (QED) is 0.867. The minimum absolute atomic E-state index is 0.561. The van der Waals surface area contributed by atoms with Crippen LogP contribution in [0.3, 0.4) is 0 Å². The van der Waals surface area contributed by atoms with Gasteiger partial charge in [-0.2, -0.15) is 0 Å². The Balaban J connectivity index is 1.84. The van der Waals surface area contributed by atoms with E-state index in [0.29, 0.717) is 22.2 Å². The average molecular weight is 333 g/mol. The van der Waals surface area contributed by atoms with E-state index < -0.39 is 6.10 Å². The second kappa shape index (κ2) is 8.32. The van der Waals surface area contributed by atoms with E-state index in [0.717, 1.165) is 39.3 Å². The van der Waals surface area contributed by atoms with Gasteiger partial charge < -0.3 is 9.84 Å². The Morgan fingerprint density at radius 3 is 2.52 bits per heavy atom. The van der Waals surface area contributed by atoms with Gasteiger partial charge in [0.25, 0.3) is 0 Å². The van der Waals surface area contributed by atoms with Crippen LogP contribution in [0.5, 0.6) is 0 Å². The number of rotatable bonds is 6. The van der Waals surface area contributed by atoms with Crippen LogP contribution in [0.15, 0.2) is 18.2 Å². The summed E-state index contributed by atoms with van der Waals surface area (Å²) >= 11 is 12.1. The molecular formula is C15H22Cl2N2O2. The molecule has 1 heterocycles. The van der Waals surface area contributed by atoms with Crippen molar-refractivity contribution in [3.05, 3.63) is 33.8 Å². The molecule has 0 spiro atoms. The number of benzene rings is 1. The van der Waals surface area contributed by atoms with Crippen molar-refractivity contribution < 1.29 is 9.84 Å². The summed E-state index contributed by atoms with van der Waals surface area (Å²) in [4.78, 5) is 4.63. The maximum absolute atomic E-state index is 10.4. The molecule has 0 aliphatic carbocycles. The molecule has 0 saturated carbocycles. The van der Waals surface area contributed by atoms with Crippen LogP contribution in [-0.2, 0) is 4.74 Å². The molecule has 0 bridgehead atoms. The summed E-state index contributed by atoms with van der Waals surface area (Å²) in [5, 5.41) is 11.5. The highest BCUT2D eigenvalue weighted by atomic mass is 35.5. The lowest BCUT2D eigenvalue weighted by Gasteiger charge is -2.35. The summed E-state index contributed by atoms with van der Waals surface area (Å²) in [5.41, 5.74) is 0.700. The molecule has 6 heteroatoms. The van der Waals surface area contributed by atoms with Gasteiger partial charge in [0.1, 0.15) is 0 Å². The summed E-state index contributed by atoms with van der Waals surface area (Å²) in [6.45, 7) is 6.20. The van der Waals surface area contributed by atoms with Crippen molar-refractivity contribution in [3.8, 4) is 0 Å². The standard InChI is InChI=1S/C15H22Cl2N2O2/c1-21-9-8-18-4-6-19(7-5-18)11-15(20)13-10-12(16)2-3-14(13)17/h2-3,10,15,20H,4-9,11H2,1H3. The molecule has 1 aliphatic heterocycles. The molecular weight excluding hydrogens is 311 g/mol. The number of methoxy groups -OCH3 is 1. The van der Waals surface area contributed by atoms with Gasteiger partial charge in [0.15, 0.2) is 0 Å². The van der Waals surface area contributed by atoms with Crippen LogP contribution in [0.25, 0.3) is 0 Å². The fraction of sp³-hybridized carbons (Fsp3) is 0.600. The average Bonchev–Trinajstić information content (AvgIpc) is 2.49. The highest BCUT2D eigenvalue weighted by Gasteiger charge is 2.21. The molecule has 21 heavy (non-hydrogen) atoms. The molecule has 1 unspecified atom stereocenters. The zero-order valence-corrected chi connectivity index (χ0v) is 13.8. The van der Waals surface area contributed by atoms with Crippen LogP contribution in [0.4, 0.5) is 0 Å². The number of β-amino-alcohol motifs (C(OH)–C–C–N with tert-alkyl or cyclic N) is 1. The third-order valence-corrected chi connectivity index (χ3v) is 4.40. The zero-order chi connectivity index (χ0) is 15.2. The topological polar surface area (TPSA) is 35.9 Å². The minimum Gasteiger partial charge on any atom is -0.387 e. The lowest BCUT2D eigenvalue weighted by atomic mass is 10.1. The number of aliphatic hydroxyl groups excluding tert-OH is 1. The summed E-state index contributed by atoms with van der Waals surface area (Å²) < 4.78 is 5.10. The second-order valence-electron chi connectivity index (χ2n) is 5.32. The highest BCUT2D eigenvalue weighted by molar-refractivity contribution is 6.33. The Morgan fingerprint density at radius 2 is 1.86 bits per heavy atom. The molecule has 1 aromatic carbocycles. The van der Waals surface area contributed by atoms with Gasteiger partial charge >= 0.3 is 0 Å². The highest BCUT2D eigenvalue weighted by Crippen LogP contribution is 2.27. The number of hydrogen-bond acceptors (Lipinski definition) is 4. The van der Waals surface area contributed by atoms with Crippen molar-refractivity contribution in [1.29, 1.82) is 0 Å². The first kappa shape index (κ1) is 17.0. The Hall–Kier alpha value is -0.360. The molecule has 0 radical (unpaired) electrons. The number of nitrogens with zero attached hydrogens (tertiary/aromatic N) is 2. The maximum atomic E-state index is 10.4. The minimum atomic E-state index is -0.610. The normalized spacial score (nSPS) is 18.9. The molecule has 118 valence electrons. The molecule has 2 rings (SSSR count). The molecule has 1 aliphatic rings. The number of piperazine rings is 1. The lowest BCUT2D eigenvalue weighted by Crippen LogP contribution is -2.48. The van der Waals surface area contributed by atoms with Gasteiger partial charge in [-0.25, -0.2) is 0 Å². The van der Waals surface area contributed by atoms with E-state index in [4.69, 9.17) is 27.9 Å². The SMILES string of the molecule is COCCN1CCN(CC(O)c2cc(Cl)ccc2Cl)CC1. The third kappa shape index (κ3) is 5.09. The largest absolute Gasteiger partial charge is 0.387 e. The number of halogens is 2. The Labute approximate surface area is 136 Å². The Kier molecular flexibility index (Phi) is 6.74. The van der Waals surface area contributed by atoms with Crippen LogP contribution < -0.4 is 0 Å². The molecule has 1 fully saturated rings. The van der Waals surface area contributed by atoms with Gasteiger partial charge in [0.2, 0.25) is 0 Å². The smallest absolute Gasteiger partial charge is 0.0931 e. The molecule has 4 nitrogen and oxygen atoms in total. The van der Waals surface area contributed by atoms with Crippen molar-refractivity contribution in [3.63, 3.8) is 0 Å². The molecule has 1 N–H and O–H groups in total. The first-order valence-electron chi connectivity index (χ1n) is 7.17. The fourth-order valence-corrected chi connectivity index (χ4v) is 2.95. The van der Waals surface area contributed by atoms with Gasteiger partial charge in [-0.15, -0.1) is 0 Å². The van der Waals surface area contributed by atoms with Gasteiger partial charge in [-0.05, 0) is 18.2 Å². The lowest BCUT2D eigenvalue weighted by molar-refractivity contribution is 0.0612. The van der Waals surface area contributed by atoms with Crippen LogP contribution in [0, 0.1) is 0 Å². The summed E-state index contributed by atoms with van der Waals surface area (Å²) in [6.07, 6.45) is -0.610. The van der Waals surface area contributed by atoms with E-state index in [2.05, 4.69) is 9.80 Å². The molecule has 1 saturated heterocycles. The number of hydrogen-bond donors (Lipinski definition) is 1. The van der Waals surface area contributed by atoms with E-state index in [1.54, 1.807) is 25.3 Å². The van der Waals surface area contributed by atoms with Crippen LogP contribution >= 0.6 is 23.2 Å². The summed E-state index contributed by atoms with van der Waals surface area (Å²) in [5.74, 6) is 0. The second-order valence-corrected chi connectivity index (χ2v) is 6.16. The summed E-state index contributed by atoms with van der Waals surface area (Å²) in [7, 11) is 1.72. The van der Waals surface area contributed by atoms with E-state index in [1.165, 1.54) is 0 Å². The van der Waals surface area contributed by atoms with Gasteiger partial charge in [-0.3, -0.25) is 9.80 Å². The number of ether oxygens (including phenoxy) is 1. The Bertz CT molecular complexity index is 451. The molecule has 0 amide bonds. The van der Waals surface area contributed by atoms with Crippen molar-refractivity contribution >= 4 is 23.2 Å². The first-order chi connectivity index (χ1) is 10.1. The third-order valence-electron chi connectivity index (χ3n) is 3.82. The van der Waals surface area contributed by atoms with Crippen molar-refractivity contribution in [2.24, 2.45) is 0 Å². The number of aliphatic hydroxyl groups is 1. The van der Waals surface area contributed by atoms with Crippen molar-refractivity contribution in [2.75, 3.05) is 53.0 Å². The fourth-order valence-electron chi connectivity index (χ4n) is 2.53. The summed E-state index contributed by atoms with van der Waals surface area (Å²) in [6, 6.07) is 5.20. The van der Waals surface area contributed by atoms with E-state index >= 15 is 0 Å².